The lowest BCUT2D eigenvalue weighted by Crippen LogP contribution is -2.26. The van der Waals surface area contributed by atoms with E-state index in [1.54, 1.807) is 17.7 Å². The van der Waals surface area contributed by atoms with Gasteiger partial charge in [0.1, 0.15) is 11.4 Å². The number of hydrogen-bond donors (Lipinski definition) is 1. The molecule has 0 spiro atoms. The highest BCUT2D eigenvalue weighted by Gasteiger charge is 2.18. The summed E-state index contributed by atoms with van der Waals surface area (Å²) in [6.45, 7) is 2.61. The maximum atomic E-state index is 12.9. The molecule has 2 aromatic carbocycles. The zero-order chi connectivity index (χ0) is 20.2. The third kappa shape index (κ3) is 3.69. The van der Waals surface area contributed by atoms with Crippen LogP contribution in [0.2, 0.25) is 0 Å². The van der Waals surface area contributed by atoms with Gasteiger partial charge in [-0.15, -0.1) is 0 Å². The summed E-state index contributed by atoms with van der Waals surface area (Å²) in [6.07, 6.45) is 0.855. The van der Waals surface area contributed by atoms with E-state index >= 15 is 0 Å². The molecule has 0 bridgehead atoms. The molecule has 146 valence electrons. The van der Waals surface area contributed by atoms with Crippen LogP contribution in [0.1, 0.15) is 23.8 Å². The molecule has 0 saturated carbocycles. The molecule has 0 aliphatic heterocycles. The zero-order valence-corrected chi connectivity index (χ0v) is 16.4. The van der Waals surface area contributed by atoms with Crippen LogP contribution in [0.4, 0.5) is 0 Å². The number of aromatic nitrogens is 3. The van der Waals surface area contributed by atoms with E-state index in [0.29, 0.717) is 29.3 Å². The van der Waals surface area contributed by atoms with Gasteiger partial charge in [-0.2, -0.15) is 5.10 Å². The first-order valence-corrected chi connectivity index (χ1v) is 9.59. The molecule has 4 aromatic rings. The van der Waals surface area contributed by atoms with Crippen LogP contribution in [0.5, 0.6) is 5.75 Å². The number of nitrogens with one attached hydrogen (secondary N) is 1. The summed E-state index contributed by atoms with van der Waals surface area (Å²) < 4.78 is 7.09. The molecule has 29 heavy (non-hydrogen) atoms. The minimum Gasteiger partial charge on any atom is -0.496 e. The van der Waals surface area contributed by atoms with Crippen LogP contribution < -0.4 is 10.1 Å². The average Bonchev–Trinajstić information content (AvgIpc) is 3.21. The lowest BCUT2D eigenvalue weighted by molar-refractivity contribution is 0.0946. The van der Waals surface area contributed by atoms with Crippen molar-refractivity contribution in [3.63, 3.8) is 0 Å². The van der Waals surface area contributed by atoms with Crippen molar-refractivity contribution in [1.29, 1.82) is 0 Å². The number of amides is 1. The zero-order valence-electron chi connectivity index (χ0n) is 16.4. The number of rotatable bonds is 6. The van der Waals surface area contributed by atoms with Crippen molar-refractivity contribution in [2.24, 2.45) is 0 Å². The number of methoxy groups -OCH3 is 1. The smallest absolute Gasteiger partial charge is 0.270 e. The summed E-state index contributed by atoms with van der Waals surface area (Å²) in [6, 6.07) is 21.1. The molecule has 0 radical (unpaired) electrons. The lowest BCUT2D eigenvalue weighted by Gasteiger charge is -2.11. The maximum absolute atomic E-state index is 12.9. The summed E-state index contributed by atoms with van der Waals surface area (Å²) in [5, 5.41) is 7.59. The van der Waals surface area contributed by atoms with Crippen molar-refractivity contribution in [3.05, 3.63) is 72.4 Å². The fraction of sp³-hybridized carbons (Fsp3) is 0.174. The van der Waals surface area contributed by atoms with Crippen molar-refractivity contribution in [3.8, 4) is 28.3 Å². The molecule has 0 saturated heterocycles. The van der Waals surface area contributed by atoms with Gasteiger partial charge >= 0.3 is 0 Å². The summed E-state index contributed by atoms with van der Waals surface area (Å²) in [5.74, 6) is 0.519. The molecule has 4 rings (SSSR count). The lowest BCUT2D eigenvalue weighted by atomic mass is 10.1. The van der Waals surface area contributed by atoms with Crippen LogP contribution in [0.3, 0.4) is 0 Å². The van der Waals surface area contributed by atoms with Crippen LogP contribution in [0.25, 0.3) is 28.2 Å². The second-order valence-electron chi connectivity index (χ2n) is 6.65. The molecule has 0 aliphatic rings. The second-order valence-corrected chi connectivity index (χ2v) is 6.65. The van der Waals surface area contributed by atoms with Crippen LogP contribution in [-0.4, -0.2) is 34.2 Å². The highest BCUT2D eigenvalue weighted by atomic mass is 16.5. The molecule has 0 aliphatic carbocycles. The number of nitrogens with zero attached hydrogens (tertiary/aromatic N) is 3. The normalized spacial score (nSPS) is 10.8. The second kappa shape index (κ2) is 8.14. The molecule has 2 heterocycles. The Labute approximate surface area is 169 Å². The van der Waals surface area contributed by atoms with Crippen molar-refractivity contribution >= 4 is 11.6 Å². The summed E-state index contributed by atoms with van der Waals surface area (Å²) in [4.78, 5) is 17.6. The van der Waals surface area contributed by atoms with Gasteiger partial charge in [-0.05, 0) is 24.6 Å². The number of carbonyl (C=O) groups excluding carboxylic acids is 1. The molecule has 2 aromatic heterocycles. The highest BCUT2D eigenvalue weighted by Crippen LogP contribution is 2.30. The Balaban J connectivity index is 1.91. The van der Waals surface area contributed by atoms with Gasteiger partial charge < -0.3 is 10.1 Å². The van der Waals surface area contributed by atoms with E-state index in [9.17, 15) is 4.79 Å². The number of para-hydroxylation sites is 1. The van der Waals surface area contributed by atoms with Gasteiger partial charge in [0.25, 0.3) is 5.91 Å². The fourth-order valence-corrected chi connectivity index (χ4v) is 3.21. The molecule has 1 amide bonds. The number of hydrogen-bond acceptors (Lipinski definition) is 4. The van der Waals surface area contributed by atoms with Crippen molar-refractivity contribution in [1.82, 2.24) is 19.9 Å². The number of carbonyl (C=O) groups is 1. The Morgan fingerprint density at radius 3 is 2.55 bits per heavy atom. The van der Waals surface area contributed by atoms with E-state index in [0.717, 1.165) is 23.2 Å². The van der Waals surface area contributed by atoms with Gasteiger partial charge in [-0.3, -0.25) is 4.79 Å². The number of ether oxygens (including phenoxy) is 1. The summed E-state index contributed by atoms with van der Waals surface area (Å²) in [7, 11) is 1.62. The van der Waals surface area contributed by atoms with Crippen LogP contribution in [0.15, 0.2) is 66.7 Å². The van der Waals surface area contributed by atoms with Crippen LogP contribution >= 0.6 is 0 Å². The molecular formula is C23H22N4O2. The Bertz CT molecular complexity index is 1150. The van der Waals surface area contributed by atoms with Gasteiger partial charge in [-0.25, -0.2) is 9.50 Å². The first-order valence-electron chi connectivity index (χ1n) is 9.59. The third-order valence-corrected chi connectivity index (χ3v) is 4.65. The Morgan fingerprint density at radius 1 is 1.03 bits per heavy atom. The van der Waals surface area contributed by atoms with E-state index in [1.165, 1.54) is 0 Å². The topological polar surface area (TPSA) is 68.5 Å². The predicted molar refractivity (Wildman–Crippen MR) is 113 cm³/mol. The largest absolute Gasteiger partial charge is 0.496 e. The maximum Gasteiger partial charge on any atom is 0.270 e. The molecular weight excluding hydrogens is 364 g/mol. The monoisotopic (exact) mass is 386 g/mol. The summed E-state index contributed by atoms with van der Waals surface area (Å²) in [5.41, 5.74) is 4.26. The van der Waals surface area contributed by atoms with Crippen molar-refractivity contribution < 1.29 is 9.53 Å². The fourth-order valence-electron chi connectivity index (χ4n) is 3.21. The standard InChI is InChI=1S/C23H22N4O2/c1-3-13-24-23(28)20-14-19(17-11-7-8-12-21(17)29-2)25-22-15-18(26-27(20)22)16-9-5-4-6-10-16/h4-12,14-15H,3,13H2,1-2H3,(H,24,28). The average molecular weight is 386 g/mol. The SMILES string of the molecule is CCCNC(=O)c1cc(-c2ccccc2OC)nc2cc(-c3ccccc3)nn12. The van der Waals surface area contributed by atoms with Crippen molar-refractivity contribution in [2.45, 2.75) is 13.3 Å². The molecule has 6 heteroatoms. The van der Waals surface area contributed by atoms with Gasteiger partial charge in [0, 0.05) is 23.7 Å². The Morgan fingerprint density at radius 2 is 1.79 bits per heavy atom. The summed E-state index contributed by atoms with van der Waals surface area (Å²) >= 11 is 0. The van der Waals surface area contributed by atoms with Gasteiger partial charge in [0.05, 0.1) is 18.5 Å². The van der Waals surface area contributed by atoms with Gasteiger partial charge in [0.2, 0.25) is 0 Å². The first-order chi connectivity index (χ1) is 14.2. The van der Waals surface area contributed by atoms with Gasteiger partial charge in [-0.1, -0.05) is 49.4 Å². The molecule has 6 nitrogen and oxygen atoms in total. The van der Waals surface area contributed by atoms with E-state index in [4.69, 9.17) is 9.72 Å². The third-order valence-electron chi connectivity index (χ3n) is 4.65. The minimum absolute atomic E-state index is 0.182. The molecule has 0 unspecified atom stereocenters. The molecule has 0 atom stereocenters. The van der Waals surface area contributed by atoms with E-state index < -0.39 is 0 Å². The molecule has 1 N–H and O–H groups in total. The van der Waals surface area contributed by atoms with Crippen molar-refractivity contribution in [2.75, 3.05) is 13.7 Å². The first kappa shape index (κ1) is 18.7. The predicted octanol–water partition coefficient (Wildman–Crippen LogP) is 4.21. The van der Waals surface area contributed by atoms with E-state index in [1.807, 2.05) is 67.6 Å². The Hall–Kier alpha value is -3.67. The number of benzene rings is 2. The van der Waals surface area contributed by atoms with E-state index in [2.05, 4.69) is 10.4 Å². The minimum atomic E-state index is -0.182. The number of fused-ring (bicyclic) bond motifs is 1. The Kier molecular flexibility index (Phi) is 5.24. The molecule has 0 fully saturated rings. The van der Waals surface area contributed by atoms with Crippen LogP contribution in [-0.2, 0) is 0 Å². The quantitative estimate of drug-likeness (QED) is 0.539. The van der Waals surface area contributed by atoms with E-state index in [-0.39, 0.29) is 5.91 Å². The van der Waals surface area contributed by atoms with Gasteiger partial charge in [0.15, 0.2) is 5.65 Å². The van der Waals surface area contributed by atoms with Crippen LogP contribution in [0, 0.1) is 0 Å². The highest BCUT2D eigenvalue weighted by molar-refractivity contribution is 5.94.